The summed E-state index contributed by atoms with van der Waals surface area (Å²) in [7, 11) is 0.0763. The Hall–Kier alpha value is -4.70. The van der Waals surface area contributed by atoms with Gasteiger partial charge in [-0.15, -0.1) is 0 Å². The summed E-state index contributed by atoms with van der Waals surface area (Å²) in [5.74, 6) is 0.0967. The fourth-order valence-corrected chi connectivity index (χ4v) is 4.85. The zero-order chi connectivity index (χ0) is 31.7. The van der Waals surface area contributed by atoms with Crippen molar-refractivity contribution in [1.82, 2.24) is 19.5 Å². The van der Waals surface area contributed by atoms with Crippen LogP contribution < -0.4 is 30.2 Å². The number of carbonyl (C=O) groups is 1. The number of H-pyrrole nitrogens is 1. The summed E-state index contributed by atoms with van der Waals surface area (Å²) in [6.07, 6.45) is -0.378. The quantitative estimate of drug-likeness (QED) is 0.0632. The summed E-state index contributed by atoms with van der Waals surface area (Å²) < 4.78 is 70.6. The molecule has 0 aliphatic heterocycles. The Kier molecular flexibility index (Phi) is 10.7. The maximum atomic E-state index is 14.1. The first-order valence-electron chi connectivity index (χ1n) is 12.7. The molecule has 0 spiro atoms. The predicted octanol–water partition coefficient (Wildman–Crippen LogP) is 3.44. The summed E-state index contributed by atoms with van der Waals surface area (Å²) >= 11 is 0. The molecule has 4 rings (SSSR count). The third kappa shape index (κ3) is 8.23. The van der Waals surface area contributed by atoms with E-state index >= 15 is 0 Å². The van der Waals surface area contributed by atoms with Crippen LogP contribution in [0.4, 0.5) is 15.1 Å². The molecular formula is C26H29FN5O11P. The number of imidazole rings is 1. The van der Waals surface area contributed by atoms with Crippen LogP contribution in [0.25, 0.3) is 11.2 Å². The molecule has 0 radical (unpaired) electrons. The number of ether oxygens (including phenoxy) is 6. The van der Waals surface area contributed by atoms with Crippen molar-refractivity contribution in [2.75, 3.05) is 46.8 Å². The van der Waals surface area contributed by atoms with E-state index in [0.29, 0.717) is 17.1 Å². The van der Waals surface area contributed by atoms with Gasteiger partial charge in [-0.05, 0) is 29.8 Å². The van der Waals surface area contributed by atoms with E-state index < -0.39 is 38.3 Å². The van der Waals surface area contributed by atoms with Crippen molar-refractivity contribution in [1.29, 1.82) is 0 Å². The van der Waals surface area contributed by atoms with Crippen molar-refractivity contribution < 1.29 is 51.2 Å². The number of nitrogen functional groups attached to an aromatic ring is 1. The molecule has 236 valence electrons. The van der Waals surface area contributed by atoms with E-state index in [9.17, 15) is 18.5 Å². The molecule has 0 saturated heterocycles. The number of aromatic nitrogens is 4. The van der Waals surface area contributed by atoms with E-state index in [-0.39, 0.29) is 48.4 Å². The molecule has 0 amide bonds. The largest absolute Gasteiger partial charge is 0.515 e. The summed E-state index contributed by atoms with van der Waals surface area (Å²) in [4.78, 5) is 34.6. The molecule has 2 aromatic heterocycles. The van der Waals surface area contributed by atoms with Crippen molar-refractivity contribution >= 4 is 30.9 Å². The average Bonchev–Trinajstić information content (AvgIpc) is 3.41. The maximum Gasteiger partial charge on any atom is 0.515 e. The van der Waals surface area contributed by atoms with Crippen molar-refractivity contribution in [2.45, 2.75) is 13.2 Å². The average molecular weight is 638 g/mol. The van der Waals surface area contributed by atoms with Crippen molar-refractivity contribution in [3.63, 3.8) is 0 Å². The molecule has 0 bridgehead atoms. The molecule has 2 aromatic carbocycles. The standard InChI is InChI=1S/C26H29FN5O11P/c1-36-19-6-4-16(10-18(19)27)12-41-44(35,15-39-9-8-32-13-29-22-23(32)30-25(28)31-24(22)33)42-14-40-26(34)43-17-5-7-20(37-2)21(11-17)38-3/h4-7,10-11,13H,8-9,12,14-15H2,1-3H3,(H3,28,30,31,33). The highest BCUT2D eigenvalue weighted by Crippen LogP contribution is 2.49. The number of methoxy groups -OCH3 is 3. The minimum Gasteiger partial charge on any atom is -0.494 e. The summed E-state index contributed by atoms with van der Waals surface area (Å²) in [5, 5.41) is 0. The lowest BCUT2D eigenvalue weighted by atomic mass is 10.2. The fraction of sp³-hybridized carbons (Fsp3) is 0.308. The number of hydrogen-bond acceptors (Lipinski definition) is 14. The zero-order valence-corrected chi connectivity index (χ0v) is 24.7. The number of aromatic amines is 1. The van der Waals surface area contributed by atoms with Gasteiger partial charge in [-0.1, -0.05) is 6.07 Å². The Morgan fingerprint density at radius 3 is 2.52 bits per heavy atom. The second-order valence-electron chi connectivity index (χ2n) is 8.71. The van der Waals surface area contributed by atoms with E-state index in [0.717, 1.165) is 6.07 Å². The van der Waals surface area contributed by atoms with Crippen LogP contribution in [0.5, 0.6) is 23.0 Å². The van der Waals surface area contributed by atoms with E-state index in [2.05, 4.69) is 15.0 Å². The molecule has 1 atom stereocenters. The van der Waals surface area contributed by atoms with E-state index in [1.54, 1.807) is 0 Å². The summed E-state index contributed by atoms with van der Waals surface area (Å²) in [6, 6.07) is 8.41. The number of carbonyl (C=O) groups excluding carboxylic acids is 1. The molecule has 18 heteroatoms. The minimum atomic E-state index is -4.11. The smallest absolute Gasteiger partial charge is 0.494 e. The first kappa shape index (κ1) is 32.2. The molecule has 3 N–H and O–H groups in total. The second-order valence-corrected chi connectivity index (χ2v) is 10.7. The van der Waals surface area contributed by atoms with Gasteiger partial charge in [-0.2, -0.15) is 4.98 Å². The molecule has 16 nitrogen and oxygen atoms in total. The number of benzene rings is 2. The minimum absolute atomic E-state index is 0.0168. The lowest BCUT2D eigenvalue weighted by molar-refractivity contribution is 0.0153. The molecule has 2 heterocycles. The van der Waals surface area contributed by atoms with Gasteiger partial charge in [0.05, 0.1) is 40.9 Å². The SMILES string of the molecule is COc1ccc(COP(=O)(COCCn2cnc3c(=O)[nH]c(N)nc32)OCOC(=O)Oc2ccc(OC)c(OC)c2)cc1F. The van der Waals surface area contributed by atoms with Crippen LogP contribution in [0, 0.1) is 5.82 Å². The van der Waals surface area contributed by atoms with Crippen LogP contribution in [0.15, 0.2) is 47.5 Å². The molecule has 0 aliphatic carbocycles. The Balaban J connectivity index is 1.37. The van der Waals surface area contributed by atoms with Crippen LogP contribution >= 0.6 is 7.60 Å². The monoisotopic (exact) mass is 637 g/mol. The van der Waals surface area contributed by atoms with Gasteiger partial charge in [0.15, 0.2) is 34.2 Å². The topological polar surface area (TPSA) is 198 Å². The van der Waals surface area contributed by atoms with Gasteiger partial charge in [0.25, 0.3) is 5.56 Å². The lowest BCUT2D eigenvalue weighted by Gasteiger charge is -2.19. The number of nitrogens with two attached hydrogens (primary N) is 1. The lowest BCUT2D eigenvalue weighted by Crippen LogP contribution is -2.15. The summed E-state index contributed by atoms with van der Waals surface area (Å²) in [6.45, 7) is -1.07. The Bertz CT molecular complexity index is 1710. The molecular weight excluding hydrogens is 608 g/mol. The third-order valence-electron chi connectivity index (χ3n) is 5.85. The van der Waals surface area contributed by atoms with Crippen LogP contribution in [0.2, 0.25) is 0 Å². The third-order valence-corrected chi connectivity index (χ3v) is 7.37. The van der Waals surface area contributed by atoms with Crippen LogP contribution in [0.3, 0.4) is 0 Å². The first-order valence-corrected chi connectivity index (χ1v) is 14.4. The first-order chi connectivity index (χ1) is 21.1. The normalized spacial score (nSPS) is 12.5. The molecule has 0 fully saturated rings. The van der Waals surface area contributed by atoms with Crippen LogP contribution in [-0.4, -0.2) is 66.8 Å². The number of hydrogen-bond donors (Lipinski definition) is 2. The van der Waals surface area contributed by atoms with Crippen LogP contribution in [-0.2, 0) is 36.2 Å². The van der Waals surface area contributed by atoms with Crippen molar-refractivity contribution in [3.8, 4) is 23.0 Å². The predicted molar refractivity (Wildman–Crippen MR) is 151 cm³/mol. The molecule has 4 aromatic rings. The van der Waals surface area contributed by atoms with E-state index in [1.165, 1.54) is 62.6 Å². The molecule has 44 heavy (non-hydrogen) atoms. The Labute approximate surface area is 249 Å². The fourth-order valence-electron chi connectivity index (χ4n) is 3.72. The number of fused-ring (bicyclic) bond motifs is 1. The highest BCUT2D eigenvalue weighted by atomic mass is 31.2. The molecule has 1 unspecified atom stereocenters. The number of nitrogens with one attached hydrogen (secondary N) is 1. The number of halogens is 1. The zero-order valence-electron chi connectivity index (χ0n) is 23.8. The number of rotatable bonds is 15. The van der Waals surface area contributed by atoms with Gasteiger partial charge < -0.3 is 43.2 Å². The van der Waals surface area contributed by atoms with Gasteiger partial charge >= 0.3 is 13.8 Å². The summed E-state index contributed by atoms with van der Waals surface area (Å²) in [5.41, 5.74) is 5.74. The van der Waals surface area contributed by atoms with E-state index in [4.69, 9.17) is 43.2 Å². The highest BCUT2D eigenvalue weighted by Gasteiger charge is 2.27. The van der Waals surface area contributed by atoms with Gasteiger partial charge in [-0.3, -0.25) is 18.9 Å². The number of nitrogens with zero attached hydrogens (tertiary/aromatic N) is 3. The molecule has 0 aliphatic rings. The van der Waals surface area contributed by atoms with Gasteiger partial charge in [0, 0.05) is 12.6 Å². The van der Waals surface area contributed by atoms with Gasteiger partial charge in [-0.25, -0.2) is 14.2 Å². The van der Waals surface area contributed by atoms with Crippen molar-refractivity contribution in [3.05, 3.63) is 64.5 Å². The highest BCUT2D eigenvalue weighted by molar-refractivity contribution is 7.53. The van der Waals surface area contributed by atoms with E-state index in [1.807, 2.05) is 0 Å². The van der Waals surface area contributed by atoms with Crippen molar-refractivity contribution in [2.24, 2.45) is 0 Å². The van der Waals surface area contributed by atoms with Crippen LogP contribution in [0.1, 0.15) is 5.56 Å². The second kappa shape index (κ2) is 14.7. The van der Waals surface area contributed by atoms with Gasteiger partial charge in [0.2, 0.25) is 12.7 Å². The number of anilines is 1. The molecule has 0 saturated carbocycles. The Morgan fingerprint density at radius 1 is 1.05 bits per heavy atom. The van der Waals surface area contributed by atoms with Gasteiger partial charge in [0.1, 0.15) is 12.1 Å². The maximum absolute atomic E-state index is 14.1. The Morgan fingerprint density at radius 2 is 1.80 bits per heavy atom.